The Kier molecular flexibility index (Phi) is 7.36. The zero-order chi connectivity index (χ0) is 23.2. The van der Waals surface area contributed by atoms with Crippen LogP contribution in [-0.2, 0) is 25.6 Å². The Hall–Kier alpha value is -3.23. The van der Waals surface area contributed by atoms with E-state index in [-0.39, 0.29) is 30.7 Å². The molecule has 33 heavy (non-hydrogen) atoms. The van der Waals surface area contributed by atoms with Gasteiger partial charge in [-0.2, -0.15) is 0 Å². The number of esters is 1. The zero-order valence-corrected chi connectivity index (χ0v) is 19.2. The first-order valence-electron chi connectivity index (χ1n) is 11.0. The summed E-state index contributed by atoms with van der Waals surface area (Å²) in [4.78, 5) is 37.9. The second kappa shape index (κ2) is 10.6. The van der Waals surface area contributed by atoms with Gasteiger partial charge in [0.2, 0.25) is 5.91 Å². The van der Waals surface area contributed by atoms with Crippen LogP contribution in [0.3, 0.4) is 0 Å². The van der Waals surface area contributed by atoms with Crippen molar-refractivity contribution in [3.05, 3.63) is 67.6 Å². The molecule has 2 aromatic carbocycles. The van der Waals surface area contributed by atoms with Gasteiger partial charge in [0.05, 0.1) is 23.3 Å². The van der Waals surface area contributed by atoms with Crippen molar-refractivity contribution in [1.29, 1.82) is 0 Å². The van der Waals surface area contributed by atoms with Gasteiger partial charge in [0.15, 0.2) is 0 Å². The molecule has 1 aliphatic rings. The molecule has 1 fully saturated rings. The van der Waals surface area contributed by atoms with E-state index in [9.17, 15) is 14.4 Å². The van der Waals surface area contributed by atoms with Crippen LogP contribution in [0, 0.1) is 0 Å². The number of amides is 1. The van der Waals surface area contributed by atoms with Crippen LogP contribution in [0.1, 0.15) is 25.3 Å². The Balaban J connectivity index is 1.70. The molecule has 7 nitrogen and oxygen atoms in total. The lowest BCUT2D eigenvalue weighted by Gasteiger charge is -2.10. The van der Waals surface area contributed by atoms with Gasteiger partial charge in [0.25, 0.3) is 5.56 Å². The van der Waals surface area contributed by atoms with Crippen LogP contribution >= 0.6 is 11.3 Å². The Morgan fingerprint density at radius 3 is 2.85 bits per heavy atom. The van der Waals surface area contributed by atoms with E-state index in [4.69, 9.17) is 9.47 Å². The molecule has 8 heteroatoms. The number of benzene rings is 2. The number of nitrogens with one attached hydrogen (secondary N) is 1. The van der Waals surface area contributed by atoms with Gasteiger partial charge in [-0.05, 0) is 42.2 Å². The third-order valence-electron chi connectivity index (χ3n) is 5.43. The van der Waals surface area contributed by atoms with Crippen molar-refractivity contribution < 1.29 is 19.1 Å². The number of hydrogen-bond acceptors (Lipinski definition) is 6. The molecule has 172 valence electrons. The summed E-state index contributed by atoms with van der Waals surface area (Å²) in [6.07, 6.45) is 4.97. The third-order valence-corrected chi connectivity index (χ3v) is 6.49. The third kappa shape index (κ3) is 5.58. The van der Waals surface area contributed by atoms with Crippen molar-refractivity contribution >= 4 is 46.1 Å². The van der Waals surface area contributed by atoms with Crippen LogP contribution in [0.2, 0.25) is 0 Å². The standard InChI is InChI=1S/C25H26N2O5S/c1-2-31-24(29)14-23-27(16-22(28)26-15-19-10-6-12-32-19)25(30)21(33-23)13-18-9-5-8-17-7-3-4-11-20(17)18/h3-5,7-9,11,13-14,19H,2,6,10,12,15-16H2,1H3,(H,26,28)/b21-13-,23-14-. The maximum atomic E-state index is 13.2. The average Bonchev–Trinajstić information content (AvgIpc) is 3.43. The number of carbonyl (C=O) groups excluding carboxylic acids is 2. The summed E-state index contributed by atoms with van der Waals surface area (Å²) in [5.74, 6) is -0.857. The normalized spacial score (nSPS) is 16.9. The van der Waals surface area contributed by atoms with Crippen LogP contribution in [0.5, 0.6) is 0 Å². The quantitative estimate of drug-likeness (QED) is 0.534. The predicted molar refractivity (Wildman–Crippen MR) is 128 cm³/mol. The number of nitrogens with zero attached hydrogens (tertiary/aromatic N) is 1. The molecule has 1 unspecified atom stereocenters. The molecule has 0 radical (unpaired) electrons. The minimum atomic E-state index is -0.552. The monoisotopic (exact) mass is 466 g/mol. The van der Waals surface area contributed by atoms with Crippen LogP contribution < -0.4 is 20.1 Å². The minimum Gasteiger partial charge on any atom is -0.463 e. The fourth-order valence-electron chi connectivity index (χ4n) is 3.83. The summed E-state index contributed by atoms with van der Waals surface area (Å²) >= 11 is 1.16. The molecule has 1 saturated heterocycles. The largest absolute Gasteiger partial charge is 0.463 e. The van der Waals surface area contributed by atoms with E-state index in [1.165, 1.54) is 10.6 Å². The fraction of sp³-hybridized carbons (Fsp3) is 0.320. The number of fused-ring (bicyclic) bond motifs is 1. The first kappa shape index (κ1) is 22.9. The summed E-state index contributed by atoms with van der Waals surface area (Å²) in [5.41, 5.74) is 0.569. The van der Waals surface area contributed by atoms with E-state index >= 15 is 0 Å². The van der Waals surface area contributed by atoms with Crippen molar-refractivity contribution in [3.8, 4) is 0 Å². The molecule has 1 aromatic heterocycles. The van der Waals surface area contributed by atoms with Gasteiger partial charge in [-0.3, -0.25) is 14.2 Å². The van der Waals surface area contributed by atoms with E-state index in [1.54, 1.807) is 13.0 Å². The number of carbonyl (C=O) groups is 2. The predicted octanol–water partition coefficient (Wildman–Crippen LogP) is 1.53. The van der Waals surface area contributed by atoms with Crippen molar-refractivity contribution in [2.75, 3.05) is 19.8 Å². The highest BCUT2D eigenvalue weighted by molar-refractivity contribution is 7.07. The summed E-state index contributed by atoms with van der Waals surface area (Å²) in [7, 11) is 0. The molecule has 3 aromatic rings. The molecule has 1 atom stereocenters. The number of hydrogen-bond donors (Lipinski definition) is 1. The highest BCUT2D eigenvalue weighted by Crippen LogP contribution is 2.18. The van der Waals surface area contributed by atoms with Crippen molar-refractivity contribution in [2.24, 2.45) is 0 Å². The first-order valence-corrected chi connectivity index (χ1v) is 11.8. The lowest BCUT2D eigenvalue weighted by molar-refractivity contribution is -0.135. The van der Waals surface area contributed by atoms with Crippen LogP contribution in [0.25, 0.3) is 22.9 Å². The fourth-order valence-corrected chi connectivity index (χ4v) is 4.85. The summed E-state index contributed by atoms with van der Waals surface area (Å²) in [6.45, 7) is 2.87. The summed E-state index contributed by atoms with van der Waals surface area (Å²) in [6, 6.07) is 13.8. The van der Waals surface area contributed by atoms with Crippen LogP contribution in [-0.4, -0.2) is 42.3 Å². The van der Waals surface area contributed by atoms with E-state index < -0.39 is 5.97 Å². The molecular weight excluding hydrogens is 440 g/mol. The molecular formula is C25H26N2O5S. The van der Waals surface area contributed by atoms with Crippen molar-refractivity contribution in [1.82, 2.24) is 9.88 Å². The second-order valence-electron chi connectivity index (χ2n) is 7.74. The number of ether oxygens (including phenoxy) is 2. The maximum absolute atomic E-state index is 13.2. The smallest absolute Gasteiger partial charge is 0.333 e. The lowest BCUT2D eigenvalue weighted by atomic mass is 10.0. The van der Waals surface area contributed by atoms with Gasteiger partial charge >= 0.3 is 5.97 Å². The minimum absolute atomic E-state index is 0.00830. The van der Waals surface area contributed by atoms with E-state index in [1.807, 2.05) is 42.5 Å². The highest BCUT2D eigenvalue weighted by atomic mass is 32.1. The second-order valence-corrected chi connectivity index (χ2v) is 8.81. The topological polar surface area (TPSA) is 86.6 Å². The molecule has 1 N–H and O–H groups in total. The maximum Gasteiger partial charge on any atom is 0.333 e. The summed E-state index contributed by atoms with van der Waals surface area (Å²) < 4.78 is 12.7. The molecule has 1 amide bonds. The molecule has 2 heterocycles. The number of aromatic nitrogens is 1. The van der Waals surface area contributed by atoms with Crippen LogP contribution in [0.4, 0.5) is 0 Å². The Bertz CT molecular complexity index is 1330. The van der Waals surface area contributed by atoms with Crippen molar-refractivity contribution in [3.63, 3.8) is 0 Å². The van der Waals surface area contributed by atoms with Gasteiger partial charge in [0, 0.05) is 13.2 Å². The Morgan fingerprint density at radius 1 is 1.24 bits per heavy atom. The lowest BCUT2D eigenvalue weighted by Crippen LogP contribution is -2.40. The van der Waals surface area contributed by atoms with Gasteiger partial charge < -0.3 is 14.8 Å². The molecule has 4 rings (SSSR count). The molecule has 0 saturated carbocycles. The van der Waals surface area contributed by atoms with E-state index in [2.05, 4.69) is 5.32 Å². The van der Waals surface area contributed by atoms with Crippen molar-refractivity contribution in [2.45, 2.75) is 32.4 Å². The van der Waals surface area contributed by atoms with Crippen LogP contribution in [0.15, 0.2) is 47.3 Å². The van der Waals surface area contributed by atoms with Gasteiger partial charge in [-0.1, -0.05) is 42.5 Å². The Labute approximate surface area is 194 Å². The SMILES string of the molecule is CCOC(=O)/C=c1\s/c(=C\c2cccc3ccccc23)c(=O)n1CC(=O)NCC1CCCO1. The van der Waals surface area contributed by atoms with Gasteiger partial charge in [0.1, 0.15) is 11.2 Å². The Morgan fingerprint density at radius 2 is 2.06 bits per heavy atom. The molecule has 1 aliphatic heterocycles. The van der Waals surface area contributed by atoms with Gasteiger partial charge in [-0.15, -0.1) is 11.3 Å². The van der Waals surface area contributed by atoms with E-state index in [0.717, 1.165) is 40.5 Å². The van der Waals surface area contributed by atoms with Gasteiger partial charge in [-0.25, -0.2) is 4.79 Å². The highest BCUT2D eigenvalue weighted by Gasteiger charge is 2.17. The number of rotatable bonds is 7. The average molecular weight is 467 g/mol. The molecule has 0 bridgehead atoms. The summed E-state index contributed by atoms with van der Waals surface area (Å²) in [5, 5.41) is 4.91. The van der Waals surface area contributed by atoms with E-state index in [0.29, 0.717) is 22.3 Å². The molecule has 0 spiro atoms. The number of thiazole rings is 1. The first-order chi connectivity index (χ1) is 16.0. The zero-order valence-electron chi connectivity index (χ0n) is 18.4. The molecule has 0 aliphatic carbocycles.